The average Bonchev–Trinajstić information content (AvgIpc) is 2.65. The number of nitrogens with zero attached hydrogens (tertiary/aromatic N) is 2. The van der Waals surface area contributed by atoms with Crippen LogP contribution in [0.15, 0.2) is 6.07 Å². The summed E-state index contributed by atoms with van der Waals surface area (Å²) in [6, 6.07) is 2.14. The normalized spacial score (nSPS) is 11.3. The summed E-state index contributed by atoms with van der Waals surface area (Å²) in [5, 5.41) is 0. The SMILES string of the molecule is CCCCCn1c(N)nc2c(N)c(C)c(C)cc21. The highest BCUT2D eigenvalue weighted by Crippen LogP contribution is 2.29. The Balaban J connectivity index is 2.50. The summed E-state index contributed by atoms with van der Waals surface area (Å²) in [6.45, 7) is 7.21. The van der Waals surface area contributed by atoms with Gasteiger partial charge in [0.25, 0.3) is 0 Å². The highest BCUT2D eigenvalue weighted by molar-refractivity contribution is 5.91. The molecule has 0 unspecified atom stereocenters. The molecule has 0 aliphatic rings. The molecule has 1 aromatic carbocycles. The van der Waals surface area contributed by atoms with Crippen LogP contribution in [0.25, 0.3) is 11.0 Å². The number of nitrogens with two attached hydrogens (primary N) is 2. The second-order valence-corrected chi connectivity index (χ2v) is 4.93. The van der Waals surface area contributed by atoms with Crippen molar-refractivity contribution in [1.29, 1.82) is 0 Å². The fraction of sp³-hybridized carbons (Fsp3) is 0.500. The van der Waals surface area contributed by atoms with Crippen molar-refractivity contribution in [2.45, 2.75) is 46.6 Å². The minimum Gasteiger partial charge on any atom is -0.397 e. The van der Waals surface area contributed by atoms with Gasteiger partial charge in [-0.05, 0) is 37.5 Å². The van der Waals surface area contributed by atoms with E-state index in [0.717, 1.165) is 35.2 Å². The van der Waals surface area contributed by atoms with E-state index in [9.17, 15) is 0 Å². The van der Waals surface area contributed by atoms with Crippen LogP contribution in [0.5, 0.6) is 0 Å². The Morgan fingerprint density at radius 1 is 1.22 bits per heavy atom. The van der Waals surface area contributed by atoms with E-state index >= 15 is 0 Å². The molecule has 2 aromatic rings. The van der Waals surface area contributed by atoms with Crippen LogP contribution in [-0.2, 0) is 6.54 Å². The Morgan fingerprint density at radius 3 is 2.61 bits per heavy atom. The molecule has 98 valence electrons. The lowest BCUT2D eigenvalue weighted by atomic mass is 10.1. The Hall–Kier alpha value is -1.71. The first kappa shape index (κ1) is 12.7. The number of imidazole rings is 1. The van der Waals surface area contributed by atoms with Gasteiger partial charge < -0.3 is 16.0 Å². The van der Waals surface area contributed by atoms with Crippen molar-refractivity contribution >= 4 is 22.7 Å². The lowest BCUT2D eigenvalue weighted by Crippen LogP contribution is -2.03. The van der Waals surface area contributed by atoms with Gasteiger partial charge in [0.1, 0.15) is 5.52 Å². The second kappa shape index (κ2) is 4.88. The number of unbranched alkanes of at least 4 members (excludes halogenated alkanes) is 2. The first-order chi connectivity index (χ1) is 8.56. The fourth-order valence-corrected chi connectivity index (χ4v) is 2.29. The van der Waals surface area contributed by atoms with E-state index in [1.807, 2.05) is 6.92 Å². The molecule has 0 aliphatic carbocycles. The molecule has 4 N–H and O–H groups in total. The van der Waals surface area contributed by atoms with Crippen molar-refractivity contribution in [3.63, 3.8) is 0 Å². The third-order valence-corrected chi connectivity index (χ3v) is 3.63. The molecule has 0 saturated heterocycles. The molecule has 2 rings (SSSR count). The van der Waals surface area contributed by atoms with Crippen LogP contribution in [0.2, 0.25) is 0 Å². The van der Waals surface area contributed by atoms with E-state index in [4.69, 9.17) is 11.5 Å². The Labute approximate surface area is 108 Å². The van der Waals surface area contributed by atoms with Crippen molar-refractivity contribution < 1.29 is 0 Å². The monoisotopic (exact) mass is 246 g/mol. The lowest BCUT2D eigenvalue weighted by molar-refractivity contribution is 0.619. The molecule has 0 bridgehead atoms. The van der Waals surface area contributed by atoms with Gasteiger partial charge in [0.15, 0.2) is 0 Å². The quantitative estimate of drug-likeness (QED) is 0.643. The predicted octanol–water partition coefficient (Wildman–Crippen LogP) is 3.01. The van der Waals surface area contributed by atoms with Crippen LogP contribution in [0.1, 0.15) is 37.3 Å². The third kappa shape index (κ3) is 2.03. The fourth-order valence-electron chi connectivity index (χ4n) is 2.29. The zero-order valence-corrected chi connectivity index (χ0v) is 11.5. The maximum absolute atomic E-state index is 6.12. The first-order valence-corrected chi connectivity index (χ1v) is 6.57. The molecule has 0 radical (unpaired) electrons. The molecule has 1 aromatic heterocycles. The summed E-state index contributed by atoms with van der Waals surface area (Å²) in [6.07, 6.45) is 3.53. The highest BCUT2D eigenvalue weighted by atomic mass is 15.2. The standard InChI is InChI=1S/C14H22N4/c1-4-5-6-7-18-11-8-9(2)10(3)12(15)13(11)17-14(18)16/h8H,4-7,15H2,1-3H3,(H2,16,17). The van der Waals surface area contributed by atoms with Gasteiger partial charge in [-0.25, -0.2) is 4.98 Å². The van der Waals surface area contributed by atoms with Gasteiger partial charge in [0.05, 0.1) is 11.2 Å². The number of benzene rings is 1. The summed E-state index contributed by atoms with van der Waals surface area (Å²) in [5.41, 5.74) is 17.1. The number of fused-ring (bicyclic) bond motifs is 1. The van der Waals surface area contributed by atoms with E-state index in [1.54, 1.807) is 0 Å². The summed E-state index contributed by atoms with van der Waals surface area (Å²) in [7, 11) is 0. The van der Waals surface area contributed by atoms with Gasteiger partial charge in [-0.15, -0.1) is 0 Å². The van der Waals surface area contributed by atoms with E-state index < -0.39 is 0 Å². The predicted molar refractivity (Wildman–Crippen MR) is 77.6 cm³/mol. The molecular weight excluding hydrogens is 224 g/mol. The minimum atomic E-state index is 0.567. The van der Waals surface area contributed by atoms with Crippen LogP contribution in [0.4, 0.5) is 11.6 Å². The first-order valence-electron chi connectivity index (χ1n) is 6.57. The smallest absolute Gasteiger partial charge is 0.201 e. The van der Waals surface area contributed by atoms with Crippen LogP contribution in [-0.4, -0.2) is 9.55 Å². The largest absolute Gasteiger partial charge is 0.397 e. The van der Waals surface area contributed by atoms with Crippen molar-refractivity contribution in [1.82, 2.24) is 9.55 Å². The van der Waals surface area contributed by atoms with Gasteiger partial charge in [-0.1, -0.05) is 19.8 Å². The number of hydrogen-bond acceptors (Lipinski definition) is 3. The molecule has 4 heteroatoms. The molecule has 18 heavy (non-hydrogen) atoms. The summed E-state index contributed by atoms with van der Waals surface area (Å²) >= 11 is 0. The molecule has 0 aliphatic heterocycles. The van der Waals surface area contributed by atoms with Crippen molar-refractivity contribution in [3.8, 4) is 0 Å². The van der Waals surface area contributed by atoms with Crippen LogP contribution < -0.4 is 11.5 Å². The lowest BCUT2D eigenvalue weighted by Gasteiger charge is -2.08. The van der Waals surface area contributed by atoms with Crippen molar-refractivity contribution in [3.05, 3.63) is 17.2 Å². The van der Waals surface area contributed by atoms with E-state index in [2.05, 4.69) is 29.5 Å². The van der Waals surface area contributed by atoms with E-state index in [0.29, 0.717) is 5.95 Å². The maximum Gasteiger partial charge on any atom is 0.201 e. The molecule has 0 amide bonds. The average molecular weight is 246 g/mol. The van der Waals surface area contributed by atoms with Crippen LogP contribution in [0, 0.1) is 13.8 Å². The molecule has 1 heterocycles. The highest BCUT2D eigenvalue weighted by Gasteiger charge is 2.13. The van der Waals surface area contributed by atoms with Gasteiger partial charge in [0, 0.05) is 6.54 Å². The molecule has 0 atom stereocenters. The number of aromatic nitrogens is 2. The summed E-state index contributed by atoms with van der Waals surface area (Å²) in [4.78, 5) is 4.41. The number of aryl methyl sites for hydroxylation is 2. The van der Waals surface area contributed by atoms with Gasteiger partial charge in [0.2, 0.25) is 5.95 Å². The van der Waals surface area contributed by atoms with Crippen LogP contribution >= 0.6 is 0 Å². The van der Waals surface area contributed by atoms with E-state index in [-0.39, 0.29) is 0 Å². The molecule has 0 spiro atoms. The van der Waals surface area contributed by atoms with Gasteiger partial charge in [-0.2, -0.15) is 0 Å². The topological polar surface area (TPSA) is 69.9 Å². The summed E-state index contributed by atoms with van der Waals surface area (Å²) in [5.74, 6) is 0.567. The molecular formula is C14H22N4. The van der Waals surface area contributed by atoms with Crippen molar-refractivity contribution in [2.75, 3.05) is 11.5 Å². The Kier molecular flexibility index (Phi) is 3.45. The van der Waals surface area contributed by atoms with Gasteiger partial charge in [-0.3, -0.25) is 0 Å². The number of nitrogen functional groups attached to an aromatic ring is 2. The number of hydrogen-bond donors (Lipinski definition) is 2. The molecule has 4 nitrogen and oxygen atoms in total. The summed E-state index contributed by atoms with van der Waals surface area (Å²) < 4.78 is 2.08. The Morgan fingerprint density at radius 2 is 1.94 bits per heavy atom. The van der Waals surface area contributed by atoms with Crippen LogP contribution in [0.3, 0.4) is 0 Å². The number of anilines is 2. The molecule has 0 saturated carbocycles. The van der Waals surface area contributed by atoms with Crippen molar-refractivity contribution in [2.24, 2.45) is 0 Å². The maximum atomic E-state index is 6.12. The second-order valence-electron chi connectivity index (χ2n) is 4.93. The molecule has 0 fully saturated rings. The minimum absolute atomic E-state index is 0.567. The Bertz CT molecular complexity index is 569. The zero-order chi connectivity index (χ0) is 13.3. The van der Waals surface area contributed by atoms with E-state index in [1.165, 1.54) is 18.4 Å². The zero-order valence-electron chi connectivity index (χ0n) is 11.5. The number of rotatable bonds is 4. The third-order valence-electron chi connectivity index (χ3n) is 3.63. The van der Waals surface area contributed by atoms with Gasteiger partial charge >= 0.3 is 0 Å².